The van der Waals surface area contributed by atoms with E-state index in [0.29, 0.717) is 6.61 Å². The van der Waals surface area contributed by atoms with Crippen LogP contribution in [0.1, 0.15) is 45.1 Å². The molecule has 98 valence electrons. The molecule has 0 bridgehead atoms. The van der Waals surface area contributed by atoms with Crippen LogP contribution >= 0.6 is 0 Å². The molecule has 1 rings (SSSR count). The molecule has 0 radical (unpaired) electrons. The van der Waals surface area contributed by atoms with Crippen LogP contribution in [0.5, 0.6) is 5.75 Å². The highest BCUT2D eigenvalue weighted by Gasteiger charge is 2.24. The van der Waals surface area contributed by atoms with Gasteiger partial charge in [0, 0.05) is 0 Å². The molecule has 1 aromatic carbocycles. The van der Waals surface area contributed by atoms with Gasteiger partial charge in [0.2, 0.25) is 0 Å². The van der Waals surface area contributed by atoms with E-state index in [1.807, 2.05) is 18.2 Å². The van der Waals surface area contributed by atoms with Crippen LogP contribution in [-0.2, 0) is 0 Å². The topological polar surface area (TPSA) is 33.0 Å². The fourth-order valence-electron chi connectivity index (χ4n) is 2.12. The normalized spacial score (nSPS) is 11.0. The molecular formula is C16H23NO. The minimum Gasteiger partial charge on any atom is -0.494 e. The average Bonchev–Trinajstić information content (AvgIpc) is 2.40. The summed E-state index contributed by atoms with van der Waals surface area (Å²) in [5.41, 5.74) is 1.05. The van der Waals surface area contributed by atoms with Crippen molar-refractivity contribution >= 4 is 0 Å². The summed E-state index contributed by atoms with van der Waals surface area (Å²) in [6, 6.07) is 10.5. The third-order valence-electron chi connectivity index (χ3n) is 3.65. The zero-order valence-corrected chi connectivity index (χ0v) is 11.7. The van der Waals surface area contributed by atoms with Gasteiger partial charge in [-0.15, -0.1) is 0 Å². The summed E-state index contributed by atoms with van der Waals surface area (Å²) >= 11 is 0. The molecule has 2 heteroatoms. The second kappa shape index (κ2) is 7.06. The first-order valence-corrected chi connectivity index (χ1v) is 6.76. The monoisotopic (exact) mass is 245 g/mol. The van der Waals surface area contributed by atoms with Crippen molar-refractivity contribution in [2.75, 3.05) is 6.61 Å². The summed E-state index contributed by atoms with van der Waals surface area (Å²) in [6.07, 6.45) is 3.69. The number of hydrogen-bond donors (Lipinski definition) is 0. The van der Waals surface area contributed by atoms with Crippen molar-refractivity contribution in [1.82, 2.24) is 0 Å². The Morgan fingerprint density at radius 1 is 1.28 bits per heavy atom. The van der Waals surface area contributed by atoms with Gasteiger partial charge in [-0.1, -0.05) is 26.0 Å². The van der Waals surface area contributed by atoms with E-state index in [1.165, 1.54) is 5.56 Å². The Balaban J connectivity index is 2.37. The lowest BCUT2D eigenvalue weighted by atomic mass is 9.80. The minimum absolute atomic E-state index is 0.157. The van der Waals surface area contributed by atoms with Crippen molar-refractivity contribution < 1.29 is 4.74 Å². The molecule has 0 N–H and O–H groups in total. The lowest BCUT2D eigenvalue weighted by molar-refractivity contribution is 0.259. The molecule has 1 aromatic rings. The fraction of sp³-hybridized carbons (Fsp3) is 0.562. The molecule has 0 aliphatic heterocycles. The summed E-state index contributed by atoms with van der Waals surface area (Å²) in [5.74, 6) is 0.922. The van der Waals surface area contributed by atoms with Crippen LogP contribution < -0.4 is 4.74 Å². The highest BCUT2D eigenvalue weighted by atomic mass is 16.5. The SMILES string of the molecule is CCC(C#N)(CC)CCCOc1cccc(C)c1. The number of benzene rings is 1. The van der Waals surface area contributed by atoms with E-state index in [1.54, 1.807) is 0 Å². The maximum absolute atomic E-state index is 9.24. The van der Waals surface area contributed by atoms with Gasteiger partial charge in [-0.3, -0.25) is 0 Å². The number of ether oxygens (including phenoxy) is 1. The molecule has 0 aliphatic carbocycles. The number of nitriles is 1. The van der Waals surface area contributed by atoms with E-state index in [4.69, 9.17) is 4.74 Å². The lowest BCUT2D eigenvalue weighted by Crippen LogP contribution is -2.17. The summed E-state index contributed by atoms with van der Waals surface area (Å²) < 4.78 is 5.71. The van der Waals surface area contributed by atoms with Crippen LogP contribution in [0.25, 0.3) is 0 Å². The van der Waals surface area contributed by atoms with Crippen molar-refractivity contribution in [1.29, 1.82) is 5.26 Å². The highest BCUT2D eigenvalue weighted by molar-refractivity contribution is 5.27. The minimum atomic E-state index is -0.157. The van der Waals surface area contributed by atoms with Crippen LogP contribution in [0.2, 0.25) is 0 Å². The molecule has 0 amide bonds. The predicted octanol–water partition coefficient (Wildman–Crippen LogP) is 4.48. The molecule has 0 heterocycles. The molecule has 2 nitrogen and oxygen atoms in total. The Kier molecular flexibility index (Phi) is 5.71. The third-order valence-corrected chi connectivity index (χ3v) is 3.65. The van der Waals surface area contributed by atoms with E-state index in [9.17, 15) is 5.26 Å². The second-order valence-electron chi connectivity index (χ2n) is 4.87. The van der Waals surface area contributed by atoms with E-state index in [0.717, 1.165) is 31.4 Å². The summed E-state index contributed by atoms with van der Waals surface area (Å²) in [4.78, 5) is 0. The van der Waals surface area contributed by atoms with Gasteiger partial charge in [0.15, 0.2) is 0 Å². The predicted molar refractivity (Wildman–Crippen MR) is 74.5 cm³/mol. The largest absolute Gasteiger partial charge is 0.494 e. The first-order valence-electron chi connectivity index (χ1n) is 6.76. The first kappa shape index (κ1) is 14.6. The van der Waals surface area contributed by atoms with Gasteiger partial charge in [-0.25, -0.2) is 0 Å². The van der Waals surface area contributed by atoms with Crippen molar-refractivity contribution in [2.45, 2.75) is 46.5 Å². The van der Waals surface area contributed by atoms with E-state index in [2.05, 4.69) is 32.9 Å². The quantitative estimate of drug-likeness (QED) is 0.663. The Morgan fingerprint density at radius 2 is 2.00 bits per heavy atom. The first-order chi connectivity index (χ1) is 8.65. The smallest absolute Gasteiger partial charge is 0.119 e. The molecule has 0 saturated carbocycles. The van der Waals surface area contributed by atoms with Crippen molar-refractivity contribution in [3.8, 4) is 11.8 Å². The molecular weight excluding hydrogens is 222 g/mol. The molecule has 0 saturated heterocycles. The second-order valence-corrected chi connectivity index (χ2v) is 4.87. The Labute approximate surface area is 111 Å². The van der Waals surface area contributed by atoms with Gasteiger partial charge in [-0.05, 0) is 50.3 Å². The van der Waals surface area contributed by atoms with Crippen LogP contribution in [0.4, 0.5) is 0 Å². The van der Waals surface area contributed by atoms with Gasteiger partial charge in [0.1, 0.15) is 5.75 Å². The van der Waals surface area contributed by atoms with Crippen molar-refractivity contribution in [3.05, 3.63) is 29.8 Å². The Hall–Kier alpha value is -1.49. The van der Waals surface area contributed by atoms with E-state index in [-0.39, 0.29) is 5.41 Å². The van der Waals surface area contributed by atoms with Gasteiger partial charge >= 0.3 is 0 Å². The van der Waals surface area contributed by atoms with Gasteiger partial charge in [-0.2, -0.15) is 5.26 Å². The maximum Gasteiger partial charge on any atom is 0.119 e. The molecule has 0 aromatic heterocycles. The number of nitrogens with zero attached hydrogens (tertiary/aromatic N) is 1. The average molecular weight is 245 g/mol. The molecule has 0 atom stereocenters. The van der Waals surface area contributed by atoms with Crippen LogP contribution in [0, 0.1) is 23.7 Å². The van der Waals surface area contributed by atoms with Gasteiger partial charge in [0.05, 0.1) is 18.1 Å². The van der Waals surface area contributed by atoms with E-state index < -0.39 is 0 Å². The van der Waals surface area contributed by atoms with Crippen molar-refractivity contribution in [2.24, 2.45) is 5.41 Å². The van der Waals surface area contributed by atoms with Crippen molar-refractivity contribution in [3.63, 3.8) is 0 Å². The summed E-state index contributed by atoms with van der Waals surface area (Å²) in [5, 5.41) is 9.24. The Bertz CT molecular complexity index is 402. The number of aryl methyl sites for hydroxylation is 1. The van der Waals surface area contributed by atoms with E-state index >= 15 is 0 Å². The zero-order chi connectivity index (χ0) is 13.4. The zero-order valence-electron chi connectivity index (χ0n) is 11.7. The van der Waals surface area contributed by atoms with Gasteiger partial charge in [0.25, 0.3) is 0 Å². The molecule has 0 spiro atoms. The number of hydrogen-bond acceptors (Lipinski definition) is 2. The number of rotatable bonds is 7. The maximum atomic E-state index is 9.24. The summed E-state index contributed by atoms with van der Waals surface area (Å²) in [6.45, 7) is 6.93. The molecule has 18 heavy (non-hydrogen) atoms. The van der Waals surface area contributed by atoms with Crippen LogP contribution in [0.3, 0.4) is 0 Å². The summed E-state index contributed by atoms with van der Waals surface area (Å²) in [7, 11) is 0. The highest BCUT2D eigenvalue weighted by Crippen LogP contribution is 2.30. The standard InChI is InChI=1S/C16H23NO/c1-4-16(5-2,13-17)10-7-11-18-15-9-6-8-14(3)12-15/h6,8-9,12H,4-5,7,10-11H2,1-3H3. The van der Waals surface area contributed by atoms with Crippen LogP contribution in [-0.4, -0.2) is 6.61 Å². The van der Waals surface area contributed by atoms with Crippen LogP contribution in [0.15, 0.2) is 24.3 Å². The third kappa shape index (κ3) is 4.07. The lowest BCUT2D eigenvalue weighted by Gasteiger charge is -2.22. The fourth-order valence-corrected chi connectivity index (χ4v) is 2.12. The Morgan fingerprint density at radius 3 is 2.56 bits per heavy atom. The molecule has 0 aliphatic rings. The molecule has 0 fully saturated rings. The van der Waals surface area contributed by atoms with Gasteiger partial charge < -0.3 is 4.74 Å². The molecule has 0 unspecified atom stereocenters.